The maximum atomic E-state index is 12.3. The minimum atomic E-state index is -0.973. The fourth-order valence-corrected chi connectivity index (χ4v) is 6.82. The van der Waals surface area contributed by atoms with Crippen molar-refractivity contribution < 1.29 is 9.90 Å². The Labute approximate surface area is 294 Å². The molecule has 0 saturated heterocycles. The number of rotatable bonds is 7. The molecule has 0 aliphatic rings. The molecule has 0 spiro atoms. The van der Waals surface area contributed by atoms with Crippen LogP contribution in [0.4, 0.5) is 0 Å². The second kappa shape index (κ2) is 12.4. The number of aromatic nitrogens is 4. The summed E-state index contributed by atoms with van der Waals surface area (Å²) in [5.74, 6) is 0.712. The van der Waals surface area contributed by atoms with E-state index < -0.39 is 5.97 Å². The summed E-state index contributed by atoms with van der Waals surface area (Å²) in [4.78, 5) is 22.3. The van der Waals surface area contributed by atoms with Crippen molar-refractivity contribution in [3.8, 4) is 56.4 Å². The molecule has 0 bridgehead atoms. The lowest BCUT2D eigenvalue weighted by Gasteiger charge is -2.12. The van der Waals surface area contributed by atoms with E-state index in [2.05, 4.69) is 75.9 Å². The molecule has 9 rings (SSSR count). The van der Waals surface area contributed by atoms with E-state index in [0.29, 0.717) is 0 Å². The second-order valence-corrected chi connectivity index (χ2v) is 12.4. The Hall–Kier alpha value is -7.05. The van der Waals surface area contributed by atoms with Gasteiger partial charge in [0.05, 0.1) is 27.6 Å². The monoisotopic (exact) mass is 658 g/mol. The van der Waals surface area contributed by atoms with Gasteiger partial charge in [-0.05, 0) is 89.0 Å². The summed E-state index contributed by atoms with van der Waals surface area (Å²) in [5.41, 5.74) is 11.6. The van der Waals surface area contributed by atoms with Crippen LogP contribution in [0.15, 0.2) is 176 Å². The Morgan fingerprint density at radius 2 is 0.784 bits per heavy atom. The molecule has 0 radical (unpaired) electrons. The molecule has 0 atom stereocenters. The summed E-state index contributed by atoms with van der Waals surface area (Å²) >= 11 is 0. The van der Waals surface area contributed by atoms with Crippen LogP contribution < -0.4 is 0 Å². The van der Waals surface area contributed by atoms with Gasteiger partial charge in [0.25, 0.3) is 0 Å². The molecule has 0 amide bonds. The van der Waals surface area contributed by atoms with Crippen LogP contribution >= 0.6 is 0 Å². The van der Waals surface area contributed by atoms with Gasteiger partial charge in [0.15, 0.2) is 0 Å². The number of para-hydroxylation sites is 6. The molecule has 1 N–H and O–H groups in total. The van der Waals surface area contributed by atoms with Crippen LogP contribution in [0.3, 0.4) is 0 Å². The first kappa shape index (κ1) is 30.0. The summed E-state index contributed by atoms with van der Waals surface area (Å²) in [6.45, 7) is 0. The summed E-state index contributed by atoms with van der Waals surface area (Å²) < 4.78 is 4.35. The number of carbonyl (C=O) groups is 1. The van der Waals surface area contributed by atoms with E-state index in [-0.39, 0.29) is 5.56 Å². The van der Waals surface area contributed by atoms with Gasteiger partial charge in [0.1, 0.15) is 11.6 Å². The lowest BCUT2D eigenvalue weighted by molar-refractivity contribution is 0.0697. The number of hydrogen-bond donors (Lipinski definition) is 1. The van der Waals surface area contributed by atoms with Crippen molar-refractivity contribution in [1.29, 1.82) is 0 Å². The first-order valence-electron chi connectivity index (χ1n) is 16.8. The minimum absolute atomic E-state index is 0.229. The summed E-state index contributed by atoms with van der Waals surface area (Å²) in [6.07, 6.45) is 0. The van der Waals surface area contributed by atoms with Crippen LogP contribution in [0.1, 0.15) is 10.4 Å². The van der Waals surface area contributed by atoms with Gasteiger partial charge < -0.3 is 5.11 Å². The summed E-state index contributed by atoms with van der Waals surface area (Å²) in [7, 11) is 0. The van der Waals surface area contributed by atoms with Gasteiger partial charge in [0, 0.05) is 22.5 Å². The zero-order valence-electron chi connectivity index (χ0n) is 27.4. The van der Waals surface area contributed by atoms with Crippen LogP contribution in [0.25, 0.3) is 78.5 Å². The largest absolute Gasteiger partial charge is 0.478 e. The molecule has 6 heteroatoms. The fraction of sp³-hybridized carbons (Fsp3) is 0. The highest BCUT2D eigenvalue weighted by Crippen LogP contribution is 2.34. The van der Waals surface area contributed by atoms with E-state index in [1.165, 1.54) is 0 Å². The molecular weight excluding hydrogens is 629 g/mol. The predicted molar refractivity (Wildman–Crippen MR) is 204 cm³/mol. The lowest BCUT2D eigenvalue weighted by Crippen LogP contribution is -1.98. The smallest absolute Gasteiger partial charge is 0.335 e. The number of imidazole rings is 2. The maximum Gasteiger partial charge on any atom is 0.335 e. The van der Waals surface area contributed by atoms with Crippen molar-refractivity contribution in [2.24, 2.45) is 0 Å². The van der Waals surface area contributed by atoms with E-state index in [4.69, 9.17) is 9.97 Å². The Morgan fingerprint density at radius 3 is 1.20 bits per heavy atom. The Balaban J connectivity index is 1.08. The minimum Gasteiger partial charge on any atom is -0.478 e. The molecule has 9 aromatic rings. The van der Waals surface area contributed by atoms with E-state index in [1.807, 2.05) is 97.1 Å². The van der Waals surface area contributed by atoms with Crippen molar-refractivity contribution >= 4 is 28.0 Å². The van der Waals surface area contributed by atoms with Gasteiger partial charge >= 0.3 is 5.97 Å². The molecule has 51 heavy (non-hydrogen) atoms. The van der Waals surface area contributed by atoms with Gasteiger partial charge in [-0.1, -0.05) is 109 Å². The van der Waals surface area contributed by atoms with Gasteiger partial charge in [-0.2, -0.15) is 0 Å². The van der Waals surface area contributed by atoms with Crippen LogP contribution in [0.5, 0.6) is 0 Å². The Kier molecular flexibility index (Phi) is 7.33. The van der Waals surface area contributed by atoms with E-state index in [0.717, 1.165) is 78.5 Å². The molecular formula is C45H30N4O2. The third-order valence-electron chi connectivity index (χ3n) is 9.28. The molecule has 7 aromatic carbocycles. The molecule has 0 unspecified atom stereocenters. The van der Waals surface area contributed by atoms with Gasteiger partial charge in [-0.15, -0.1) is 0 Å². The van der Waals surface area contributed by atoms with Crippen molar-refractivity contribution in [3.63, 3.8) is 0 Å². The number of nitrogens with zero attached hydrogens (tertiary/aromatic N) is 4. The zero-order chi connectivity index (χ0) is 34.3. The topological polar surface area (TPSA) is 72.9 Å². The van der Waals surface area contributed by atoms with E-state index in [9.17, 15) is 9.90 Å². The third kappa shape index (κ3) is 5.45. The maximum absolute atomic E-state index is 12.3. The normalized spacial score (nSPS) is 11.3. The van der Waals surface area contributed by atoms with Crippen molar-refractivity contribution in [2.45, 2.75) is 0 Å². The predicted octanol–water partition coefficient (Wildman–Crippen LogP) is 10.7. The Morgan fingerprint density at radius 1 is 0.412 bits per heavy atom. The number of carboxylic acids is 1. The van der Waals surface area contributed by atoms with Crippen LogP contribution in [-0.4, -0.2) is 30.2 Å². The average molecular weight is 659 g/mol. The molecule has 2 aromatic heterocycles. The SMILES string of the molecule is O=C(O)c1cc(-c2ccc(-c3nc4ccccc4n3-c3ccccc3)cc2)cc(-c2ccc(-c3nc4ccccc4n3-c3ccccc3)cc2)c1. The first-order valence-corrected chi connectivity index (χ1v) is 16.8. The third-order valence-corrected chi connectivity index (χ3v) is 9.28. The van der Waals surface area contributed by atoms with Crippen molar-refractivity contribution in [3.05, 3.63) is 181 Å². The van der Waals surface area contributed by atoms with Gasteiger partial charge in [0.2, 0.25) is 0 Å². The zero-order valence-corrected chi connectivity index (χ0v) is 27.4. The van der Waals surface area contributed by atoms with Crippen LogP contribution in [-0.2, 0) is 0 Å². The molecule has 0 saturated carbocycles. The highest BCUT2D eigenvalue weighted by molar-refractivity contribution is 5.93. The van der Waals surface area contributed by atoms with E-state index in [1.54, 1.807) is 12.1 Å². The first-order chi connectivity index (χ1) is 25.1. The number of benzene rings is 7. The quantitative estimate of drug-likeness (QED) is 0.185. The molecule has 2 heterocycles. The van der Waals surface area contributed by atoms with Gasteiger partial charge in [-0.3, -0.25) is 9.13 Å². The van der Waals surface area contributed by atoms with Gasteiger partial charge in [-0.25, -0.2) is 14.8 Å². The Bertz CT molecular complexity index is 2510. The average Bonchev–Trinajstić information content (AvgIpc) is 3.78. The fourth-order valence-electron chi connectivity index (χ4n) is 6.82. The van der Waals surface area contributed by atoms with Crippen LogP contribution in [0.2, 0.25) is 0 Å². The molecule has 242 valence electrons. The highest BCUT2D eigenvalue weighted by Gasteiger charge is 2.17. The van der Waals surface area contributed by atoms with Crippen molar-refractivity contribution in [2.75, 3.05) is 0 Å². The number of fused-ring (bicyclic) bond motifs is 2. The molecule has 0 aliphatic heterocycles. The van der Waals surface area contributed by atoms with Crippen molar-refractivity contribution in [1.82, 2.24) is 19.1 Å². The highest BCUT2D eigenvalue weighted by atomic mass is 16.4. The molecule has 0 fully saturated rings. The number of aromatic carboxylic acids is 1. The summed E-state index contributed by atoms with van der Waals surface area (Å²) in [6, 6.07) is 58.6. The molecule has 0 aliphatic carbocycles. The van der Waals surface area contributed by atoms with Crippen LogP contribution in [0, 0.1) is 0 Å². The number of hydrogen-bond acceptors (Lipinski definition) is 3. The standard InChI is InChI=1S/C45H30N4O2/c50-45(51)36-28-34(30-19-23-32(24-20-30)43-46-39-15-7-9-17-41(39)48(43)37-11-3-1-4-12-37)27-35(29-36)31-21-25-33(26-22-31)44-47-40-16-8-10-18-42(40)49(44)38-13-5-2-6-14-38/h1-29H,(H,50,51). The second-order valence-electron chi connectivity index (χ2n) is 12.4. The summed E-state index contributed by atoms with van der Waals surface area (Å²) in [5, 5.41) is 10.1. The molecule has 6 nitrogen and oxygen atoms in total. The lowest BCUT2D eigenvalue weighted by atomic mass is 9.95. The van der Waals surface area contributed by atoms with E-state index >= 15 is 0 Å². The number of carboxylic acid groups (broad SMARTS) is 1.